The molecular formula is C14H9F2NO4. The first-order valence-electron chi connectivity index (χ1n) is 5.76. The fraction of sp³-hybridized carbons (Fsp3) is 0.0714. The van der Waals surface area contributed by atoms with Crippen LogP contribution in [0.15, 0.2) is 36.4 Å². The normalized spacial score (nSPS) is 10.2. The fourth-order valence-corrected chi connectivity index (χ4v) is 1.86. The number of nitro benzene ring substituents is 1. The maximum Gasteiger partial charge on any atom is 0.338 e. The van der Waals surface area contributed by atoms with Crippen molar-refractivity contribution in [1.29, 1.82) is 0 Å². The molecule has 0 N–H and O–H groups in total. The van der Waals surface area contributed by atoms with Crippen LogP contribution >= 0.6 is 0 Å². The Morgan fingerprint density at radius 3 is 2.38 bits per heavy atom. The first-order chi connectivity index (χ1) is 9.93. The SMILES string of the molecule is COC(=O)c1ccc(-c2ccc(F)cc2F)c([N+](=O)[O-])c1. The number of rotatable bonds is 3. The molecule has 0 atom stereocenters. The van der Waals surface area contributed by atoms with Gasteiger partial charge >= 0.3 is 5.97 Å². The monoisotopic (exact) mass is 293 g/mol. The Balaban J connectivity index is 2.63. The number of nitro groups is 1. The molecule has 0 radical (unpaired) electrons. The lowest BCUT2D eigenvalue weighted by atomic mass is 10.0. The quantitative estimate of drug-likeness (QED) is 0.494. The van der Waals surface area contributed by atoms with Gasteiger partial charge in [0.15, 0.2) is 0 Å². The van der Waals surface area contributed by atoms with Crippen molar-refractivity contribution in [2.75, 3.05) is 7.11 Å². The van der Waals surface area contributed by atoms with Crippen molar-refractivity contribution >= 4 is 11.7 Å². The second kappa shape index (κ2) is 5.66. The summed E-state index contributed by atoms with van der Waals surface area (Å²) in [6.07, 6.45) is 0. The third kappa shape index (κ3) is 2.86. The van der Waals surface area contributed by atoms with Crippen LogP contribution in [0.3, 0.4) is 0 Å². The van der Waals surface area contributed by atoms with Gasteiger partial charge in [0.1, 0.15) is 11.6 Å². The topological polar surface area (TPSA) is 69.4 Å². The van der Waals surface area contributed by atoms with Gasteiger partial charge in [-0.2, -0.15) is 0 Å². The molecule has 0 aliphatic rings. The Morgan fingerprint density at radius 1 is 1.14 bits per heavy atom. The summed E-state index contributed by atoms with van der Waals surface area (Å²) in [5.41, 5.74) is -0.677. The number of carbonyl (C=O) groups is 1. The zero-order valence-electron chi connectivity index (χ0n) is 10.8. The van der Waals surface area contributed by atoms with E-state index >= 15 is 0 Å². The molecule has 2 aromatic carbocycles. The van der Waals surface area contributed by atoms with Crippen LogP contribution < -0.4 is 0 Å². The number of carbonyl (C=O) groups excluding carboxylic acids is 1. The highest BCUT2D eigenvalue weighted by atomic mass is 19.1. The predicted molar refractivity (Wildman–Crippen MR) is 69.8 cm³/mol. The summed E-state index contributed by atoms with van der Waals surface area (Å²) in [5, 5.41) is 11.1. The van der Waals surface area contributed by atoms with Crippen molar-refractivity contribution in [3.05, 3.63) is 63.7 Å². The minimum atomic E-state index is -0.927. The number of methoxy groups -OCH3 is 1. The van der Waals surface area contributed by atoms with Crippen LogP contribution in [0.4, 0.5) is 14.5 Å². The molecule has 0 heterocycles. The number of nitrogens with zero attached hydrogens (tertiary/aromatic N) is 1. The molecule has 7 heteroatoms. The van der Waals surface area contributed by atoms with Crippen LogP contribution in [0.2, 0.25) is 0 Å². The highest BCUT2D eigenvalue weighted by Crippen LogP contribution is 2.32. The van der Waals surface area contributed by atoms with E-state index in [9.17, 15) is 23.7 Å². The van der Waals surface area contributed by atoms with Crippen molar-refractivity contribution in [3.63, 3.8) is 0 Å². The predicted octanol–water partition coefficient (Wildman–Crippen LogP) is 3.33. The molecule has 2 rings (SSSR count). The van der Waals surface area contributed by atoms with Crippen LogP contribution in [0, 0.1) is 21.7 Å². The zero-order chi connectivity index (χ0) is 15.6. The second-order valence-electron chi connectivity index (χ2n) is 4.10. The molecule has 0 saturated carbocycles. The Bertz CT molecular complexity index is 731. The molecule has 108 valence electrons. The fourth-order valence-electron chi connectivity index (χ4n) is 1.86. The molecule has 2 aromatic rings. The third-order valence-electron chi connectivity index (χ3n) is 2.84. The van der Waals surface area contributed by atoms with Gasteiger partial charge in [-0.3, -0.25) is 10.1 Å². The van der Waals surface area contributed by atoms with Crippen LogP contribution in [0.1, 0.15) is 10.4 Å². The van der Waals surface area contributed by atoms with Crippen molar-refractivity contribution in [1.82, 2.24) is 0 Å². The minimum absolute atomic E-state index is 0.0320. The summed E-state index contributed by atoms with van der Waals surface area (Å²) in [6, 6.07) is 6.22. The lowest BCUT2D eigenvalue weighted by Crippen LogP contribution is -2.03. The summed E-state index contributed by atoms with van der Waals surface area (Å²) in [7, 11) is 1.14. The average molecular weight is 293 g/mol. The standard InChI is InChI=1S/C14H9F2NO4/c1-21-14(18)8-2-4-11(13(6-8)17(19)20)10-5-3-9(15)7-12(10)16/h2-7H,1H3. The van der Waals surface area contributed by atoms with Crippen LogP contribution in [-0.2, 0) is 4.74 Å². The Kier molecular flexibility index (Phi) is 3.93. The van der Waals surface area contributed by atoms with E-state index in [1.807, 2.05) is 0 Å². The maximum absolute atomic E-state index is 13.8. The summed E-state index contributed by atoms with van der Waals surface area (Å²) in [6.45, 7) is 0. The van der Waals surface area contributed by atoms with E-state index < -0.39 is 28.2 Å². The van der Waals surface area contributed by atoms with E-state index in [4.69, 9.17) is 0 Å². The summed E-state index contributed by atoms with van der Waals surface area (Å²) < 4.78 is 31.1. The van der Waals surface area contributed by atoms with Gasteiger partial charge in [-0.05, 0) is 24.3 Å². The van der Waals surface area contributed by atoms with Crippen molar-refractivity contribution in [2.45, 2.75) is 0 Å². The lowest BCUT2D eigenvalue weighted by molar-refractivity contribution is -0.384. The summed E-state index contributed by atoms with van der Waals surface area (Å²) >= 11 is 0. The van der Waals surface area contributed by atoms with Gasteiger partial charge in [-0.25, -0.2) is 13.6 Å². The number of hydrogen-bond acceptors (Lipinski definition) is 4. The van der Waals surface area contributed by atoms with E-state index in [1.54, 1.807) is 0 Å². The minimum Gasteiger partial charge on any atom is -0.465 e. The van der Waals surface area contributed by atoms with Gasteiger partial charge < -0.3 is 4.74 Å². The summed E-state index contributed by atoms with van der Waals surface area (Å²) in [4.78, 5) is 21.7. The molecule has 0 aliphatic carbocycles. The van der Waals surface area contributed by atoms with Gasteiger partial charge in [0.2, 0.25) is 0 Å². The van der Waals surface area contributed by atoms with E-state index in [0.29, 0.717) is 6.07 Å². The molecule has 5 nitrogen and oxygen atoms in total. The van der Waals surface area contributed by atoms with Gasteiger partial charge in [-0.15, -0.1) is 0 Å². The van der Waals surface area contributed by atoms with E-state index in [-0.39, 0.29) is 16.7 Å². The molecule has 0 saturated heterocycles. The number of hydrogen-bond donors (Lipinski definition) is 0. The maximum atomic E-state index is 13.8. The number of esters is 1. The Hall–Kier alpha value is -2.83. The second-order valence-corrected chi connectivity index (χ2v) is 4.10. The molecule has 0 unspecified atom stereocenters. The third-order valence-corrected chi connectivity index (χ3v) is 2.84. The average Bonchev–Trinajstić information content (AvgIpc) is 2.46. The highest BCUT2D eigenvalue weighted by molar-refractivity contribution is 5.92. The van der Waals surface area contributed by atoms with E-state index in [0.717, 1.165) is 25.3 Å². The number of halogens is 2. The Labute approximate surface area is 117 Å². The van der Waals surface area contributed by atoms with Gasteiger partial charge in [0.25, 0.3) is 5.69 Å². The van der Waals surface area contributed by atoms with Crippen molar-refractivity contribution < 1.29 is 23.2 Å². The number of benzene rings is 2. The van der Waals surface area contributed by atoms with Crippen molar-refractivity contribution in [2.24, 2.45) is 0 Å². The molecule has 0 fully saturated rings. The van der Waals surface area contributed by atoms with Gasteiger partial charge in [0.05, 0.1) is 23.2 Å². The van der Waals surface area contributed by atoms with E-state index in [1.165, 1.54) is 12.1 Å². The molecule has 0 aliphatic heterocycles. The van der Waals surface area contributed by atoms with Crippen LogP contribution in [-0.4, -0.2) is 18.0 Å². The zero-order valence-corrected chi connectivity index (χ0v) is 10.8. The van der Waals surface area contributed by atoms with Crippen molar-refractivity contribution in [3.8, 4) is 11.1 Å². The molecule has 0 spiro atoms. The van der Waals surface area contributed by atoms with Gasteiger partial charge in [0, 0.05) is 17.7 Å². The largest absolute Gasteiger partial charge is 0.465 e. The Morgan fingerprint density at radius 2 is 1.81 bits per heavy atom. The molecular weight excluding hydrogens is 284 g/mol. The summed E-state index contributed by atoms with van der Waals surface area (Å²) in [5.74, 6) is -2.46. The first kappa shape index (κ1) is 14.6. The van der Waals surface area contributed by atoms with Crippen LogP contribution in [0.5, 0.6) is 0 Å². The van der Waals surface area contributed by atoms with Crippen LogP contribution in [0.25, 0.3) is 11.1 Å². The number of ether oxygens (including phenoxy) is 1. The lowest BCUT2D eigenvalue weighted by Gasteiger charge is -2.06. The van der Waals surface area contributed by atoms with Gasteiger partial charge in [-0.1, -0.05) is 0 Å². The molecule has 0 aromatic heterocycles. The highest BCUT2D eigenvalue weighted by Gasteiger charge is 2.21. The first-order valence-corrected chi connectivity index (χ1v) is 5.76. The molecule has 0 amide bonds. The molecule has 21 heavy (non-hydrogen) atoms. The smallest absolute Gasteiger partial charge is 0.338 e. The molecule has 0 bridgehead atoms. The van der Waals surface area contributed by atoms with E-state index in [2.05, 4.69) is 4.74 Å².